The minimum atomic E-state index is -4.48. The molecule has 0 radical (unpaired) electrons. The Kier molecular flexibility index (Phi) is 4.89. The first-order valence-electron chi connectivity index (χ1n) is 9.16. The molecule has 5 nitrogen and oxygen atoms in total. The van der Waals surface area contributed by atoms with Crippen LogP contribution in [0, 0.1) is 5.82 Å². The molecule has 4 aromatic rings. The average molecular weight is 416 g/mol. The zero-order chi connectivity index (χ0) is 21.5. The first-order valence-corrected chi connectivity index (χ1v) is 9.16. The third-order valence-corrected chi connectivity index (χ3v) is 4.75. The van der Waals surface area contributed by atoms with Gasteiger partial charge in [0.15, 0.2) is 11.2 Å². The van der Waals surface area contributed by atoms with E-state index in [-0.39, 0.29) is 17.8 Å². The highest BCUT2D eigenvalue weighted by atomic mass is 19.4. The molecule has 0 aliphatic heterocycles. The standard InChI is InChI=1S/C21H16F4N4O/c1-2-28-12-26-18-19(28)27-17(11-13-4-3-5-14(10-13)21(23,24)25)29(20(18)30)16-8-6-15(22)7-9-16/h3-10,12H,2,11H2,1H3. The van der Waals surface area contributed by atoms with Crippen LogP contribution in [0.2, 0.25) is 0 Å². The predicted octanol–water partition coefficient (Wildman–Crippen LogP) is 4.35. The van der Waals surface area contributed by atoms with Gasteiger partial charge in [-0.3, -0.25) is 9.36 Å². The van der Waals surface area contributed by atoms with Gasteiger partial charge in [0.1, 0.15) is 11.6 Å². The lowest BCUT2D eigenvalue weighted by Gasteiger charge is -2.14. The summed E-state index contributed by atoms with van der Waals surface area (Å²) in [6.07, 6.45) is -3.02. The summed E-state index contributed by atoms with van der Waals surface area (Å²) in [5.41, 5.74) is -0.0775. The molecule has 0 aliphatic rings. The number of nitrogens with zero attached hydrogens (tertiary/aromatic N) is 4. The summed E-state index contributed by atoms with van der Waals surface area (Å²) in [4.78, 5) is 21.8. The fourth-order valence-corrected chi connectivity index (χ4v) is 3.29. The number of aryl methyl sites for hydroxylation is 1. The second-order valence-corrected chi connectivity index (χ2v) is 6.72. The van der Waals surface area contributed by atoms with Gasteiger partial charge >= 0.3 is 6.18 Å². The zero-order valence-electron chi connectivity index (χ0n) is 15.8. The van der Waals surface area contributed by atoms with Gasteiger partial charge in [0.2, 0.25) is 0 Å². The number of aromatic nitrogens is 4. The number of rotatable bonds is 4. The van der Waals surface area contributed by atoms with Crippen LogP contribution >= 0.6 is 0 Å². The number of hydrogen-bond donors (Lipinski definition) is 0. The topological polar surface area (TPSA) is 52.7 Å². The van der Waals surface area contributed by atoms with Crippen LogP contribution in [0.1, 0.15) is 23.9 Å². The van der Waals surface area contributed by atoms with Crippen LogP contribution in [0.15, 0.2) is 59.7 Å². The molecule has 9 heteroatoms. The van der Waals surface area contributed by atoms with E-state index in [1.54, 1.807) is 4.57 Å². The molecular formula is C21H16F4N4O. The zero-order valence-corrected chi connectivity index (χ0v) is 15.8. The third-order valence-electron chi connectivity index (χ3n) is 4.75. The Morgan fingerprint density at radius 2 is 1.80 bits per heavy atom. The minimum absolute atomic E-state index is 0.0264. The smallest absolute Gasteiger partial charge is 0.315 e. The number of alkyl halides is 3. The van der Waals surface area contributed by atoms with Crippen LogP contribution in [-0.4, -0.2) is 19.1 Å². The summed E-state index contributed by atoms with van der Waals surface area (Å²) < 4.78 is 55.6. The van der Waals surface area contributed by atoms with E-state index in [1.807, 2.05) is 6.92 Å². The Labute approximate surface area is 168 Å². The Bertz CT molecular complexity index is 1270. The molecule has 30 heavy (non-hydrogen) atoms. The van der Waals surface area contributed by atoms with Gasteiger partial charge in [-0.05, 0) is 42.8 Å². The highest BCUT2D eigenvalue weighted by molar-refractivity contribution is 5.70. The molecule has 2 heterocycles. The first kappa shape index (κ1) is 19.8. The monoisotopic (exact) mass is 416 g/mol. The van der Waals surface area contributed by atoms with Crippen molar-refractivity contribution in [1.82, 2.24) is 19.1 Å². The highest BCUT2D eigenvalue weighted by Gasteiger charge is 2.30. The van der Waals surface area contributed by atoms with Crippen molar-refractivity contribution < 1.29 is 17.6 Å². The number of hydrogen-bond acceptors (Lipinski definition) is 3. The molecule has 0 amide bonds. The van der Waals surface area contributed by atoms with Crippen molar-refractivity contribution in [2.45, 2.75) is 26.1 Å². The number of fused-ring (bicyclic) bond motifs is 1. The molecule has 0 fully saturated rings. The van der Waals surface area contributed by atoms with Crippen molar-refractivity contribution in [3.8, 4) is 5.69 Å². The quantitative estimate of drug-likeness (QED) is 0.465. The van der Waals surface area contributed by atoms with Crippen LogP contribution in [0.3, 0.4) is 0 Å². The SMILES string of the molecule is CCn1cnc2c(=O)n(-c3ccc(F)cc3)c(Cc3cccc(C(F)(F)F)c3)nc21. The molecule has 2 aromatic carbocycles. The Hall–Kier alpha value is -3.49. The largest absolute Gasteiger partial charge is 0.416 e. The van der Waals surface area contributed by atoms with E-state index >= 15 is 0 Å². The van der Waals surface area contributed by atoms with E-state index in [2.05, 4.69) is 9.97 Å². The van der Waals surface area contributed by atoms with Crippen molar-refractivity contribution in [1.29, 1.82) is 0 Å². The van der Waals surface area contributed by atoms with Crippen molar-refractivity contribution in [3.05, 3.63) is 88.0 Å². The minimum Gasteiger partial charge on any atom is -0.315 e. The van der Waals surface area contributed by atoms with Crippen LogP contribution < -0.4 is 5.56 Å². The van der Waals surface area contributed by atoms with Gasteiger partial charge in [-0.25, -0.2) is 14.4 Å². The molecule has 0 N–H and O–H groups in total. The summed E-state index contributed by atoms with van der Waals surface area (Å²) in [7, 11) is 0. The molecule has 0 bridgehead atoms. The van der Waals surface area contributed by atoms with Crippen molar-refractivity contribution in [3.63, 3.8) is 0 Å². The van der Waals surface area contributed by atoms with Gasteiger partial charge < -0.3 is 4.57 Å². The van der Waals surface area contributed by atoms with E-state index in [1.165, 1.54) is 47.3 Å². The molecule has 0 saturated heterocycles. The second kappa shape index (κ2) is 7.40. The van der Waals surface area contributed by atoms with E-state index < -0.39 is 23.1 Å². The lowest BCUT2D eigenvalue weighted by molar-refractivity contribution is -0.137. The third kappa shape index (κ3) is 3.58. The maximum absolute atomic E-state index is 13.4. The van der Waals surface area contributed by atoms with Crippen molar-refractivity contribution >= 4 is 11.2 Å². The van der Waals surface area contributed by atoms with Gasteiger partial charge in [0, 0.05) is 13.0 Å². The molecule has 154 valence electrons. The lowest BCUT2D eigenvalue weighted by Crippen LogP contribution is -2.24. The molecule has 0 unspecified atom stereocenters. The van der Waals surface area contributed by atoms with Gasteiger partial charge in [0.05, 0.1) is 17.6 Å². The number of halogens is 4. The predicted molar refractivity (Wildman–Crippen MR) is 103 cm³/mol. The summed E-state index contributed by atoms with van der Waals surface area (Å²) in [6, 6.07) is 10.1. The first-order chi connectivity index (χ1) is 14.3. The summed E-state index contributed by atoms with van der Waals surface area (Å²) in [5.74, 6) is -0.246. The van der Waals surface area contributed by atoms with E-state index in [0.717, 1.165) is 12.1 Å². The maximum Gasteiger partial charge on any atom is 0.416 e. The average Bonchev–Trinajstić information content (AvgIpc) is 3.12. The van der Waals surface area contributed by atoms with Gasteiger partial charge in [-0.15, -0.1) is 0 Å². The fourth-order valence-electron chi connectivity index (χ4n) is 3.29. The van der Waals surface area contributed by atoms with Crippen LogP contribution in [-0.2, 0) is 19.1 Å². The molecule has 0 aliphatic carbocycles. The summed E-state index contributed by atoms with van der Waals surface area (Å²) in [5, 5.41) is 0. The second-order valence-electron chi connectivity index (χ2n) is 6.72. The fraction of sp³-hybridized carbons (Fsp3) is 0.190. The van der Waals surface area contributed by atoms with E-state index in [9.17, 15) is 22.4 Å². The normalized spacial score (nSPS) is 11.9. The van der Waals surface area contributed by atoms with E-state index in [0.29, 0.717) is 23.4 Å². The van der Waals surface area contributed by atoms with Crippen LogP contribution in [0.25, 0.3) is 16.9 Å². The Morgan fingerprint density at radius 3 is 2.47 bits per heavy atom. The Morgan fingerprint density at radius 1 is 1.07 bits per heavy atom. The Balaban J connectivity index is 1.92. The van der Waals surface area contributed by atoms with Crippen molar-refractivity contribution in [2.75, 3.05) is 0 Å². The number of benzene rings is 2. The van der Waals surface area contributed by atoms with Gasteiger partial charge in [0.25, 0.3) is 5.56 Å². The maximum atomic E-state index is 13.4. The molecule has 0 atom stereocenters. The lowest BCUT2D eigenvalue weighted by atomic mass is 10.1. The van der Waals surface area contributed by atoms with Gasteiger partial charge in [-0.2, -0.15) is 13.2 Å². The summed E-state index contributed by atoms with van der Waals surface area (Å²) >= 11 is 0. The molecule has 4 rings (SSSR count). The molecule has 2 aromatic heterocycles. The highest BCUT2D eigenvalue weighted by Crippen LogP contribution is 2.30. The molecular weight excluding hydrogens is 400 g/mol. The van der Waals surface area contributed by atoms with Crippen LogP contribution in [0.5, 0.6) is 0 Å². The van der Waals surface area contributed by atoms with Crippen LogP contribution in [0.4, 0.5) is 17.6 Å². The van der Waals surface area contributed by atoms with Gasteiger partial charge in [-0.1, -0.05) is 18.2 Å². The molecule has 0 spiro atoms. The molecule has 0 saturated carbocycles. The van der Waals surface area contributed by atoms with Crippen molar-refractivity contribution in [2.24, 2.45) is 0 Å². The summed E-state index contributed by atoms with van der Waals surface area (Å²) in [6.45, 7) is 2.38. The number of imidazole rings is 1. The van der Waals surface area contributed by atoms with E-state index in [4.69, 9.17) is 0 Å².